The second-order valence-electron chi connectivity index (χ2n) is 3.67. The molecule has 0 saturated carbocycles. The molecule has 2 rings (SSSR count). The van der Waals surface area contributed by atoms with Gasteiger partial charge in [-0.3, -0.25) is 4.79 Å². The van der Waals surface area contributed by atoms with Gasteiger partial charge in [-0.05, 0) is 29.7 Å². The third kappa shape index (κ3) is 2.00. The van der Waals surface area contributed by atoms with Crippen LogP contribution < -0.4 is 0 Å². The molecule has 0 amide bonds. The average molecular weight is 231 g/mol. The minimum absolute atomic E-state index is 0.683. The summed E-state index contributed by atoms with van der Waals surface area (Å²) in [6.45, 7) is 1.96. The molecular formula is C14H11ClO. The van der Waals surface area contributed by atoms with Gasteiger partial charge in [-0.15, -0.1) is 0 Å². The first-order chi connectivity index (χ1) is 7.72. The van der Waals surface area contributed by atoms with E-state index >= 15 is 0 Å². The van der Waals surface area contributed by atoms with Crippen LogP contribution in [-0.2, 0) is 0 Å². The molecular weight excluding hydrogens is 220 g/mol. The van der Waals surface area contributed by atoms with Gasteiger partial charge >= 0.3 is 0 Å². The van der Waals surface area contributed by atoms with E-state index in [0.717, 1.165) is 28.0 Å². The minimum Gasteiger partial charge on any atom is -0.298 e. The zero-order chi connectivity index (χ0) is 11.5. The lowest BCUT2D eigenvalue weighted by Crippen LogP contribution is -1.87. The Kier molecular flexibility index (Phi) is 3.07. The van der Waals surface area contributed by atoms with E-state index in [1.165, 1.54) is 0 Å². The Morgan fingerprint density at radius 2 is 1.88 bits per heavy atom. The van der Waals surface area contributed by atoms with Crippen LogP contribution in [0, 0.1) is 6.92 Å². The van der Waals surface area contributed by atoms with Crippen LogP contribution >= 0.6 is 11.6 Å². The van der Waals surface area contributed by atoms with Crippen LogP contribution in [-0.4, -0.2) is 6.29 Å². The van der Waals surface area contributed by atoms with E-state index in [9.17, 15) is 4.79 Å². The minimum atomic E-state index is 0.683. The molecule has 16 heavy (non-hydrogen) atoms. The molecule has 1 nitrogen and oxygen atoms in total. The molecule has 0 bridgehead atoms. The molecule has 0 radical (unpaired) electrons. The lowest BCUT2D eigenvalue weighted by molar-refractivity contribution is 0.112. The number of aryl methyl sites for hydroxylation is 1. The predicted molar refractivity (Wildman–Crippen MR) is 67.0 cm³/mol. The normalized spacial score (nSPS) is 10.1. The van der Waals surface area contributed by atoms with Gasteiger partial charge in [-0.1, -0.05) is 48.0 Å². The summed E-state index contributed by atoms with van der Waals surface area (Å²) >= 11 is 6.07. The molecule has 0 unspecified atom stereocenters. The van der Waals surface area contributed by atoms with Crippen molar-refractivity contribution in [1.82, 2.24) is 0 Å². The molecule has 0 heterocycles. The molecule has 0 atom stereocenters. The van der Waals surface area contributed by atoms with Crippen molar-refractivity contribution >= 4 is 17.9 Å². The maximum Gasteiger partial charge on any atom is 0.150 e. The summed E-state index contributed by atoms with van der Waals surface area (Å²) < 4.78 is 0. The zero-order valence-corrected chi connectivity index (χ0v) is 9.66. The number of halogens is 1. The zero-order valence-electron chi connectivity index (χ0n) is 8.91. The maximum atomic E-state index is 10.9. The largest absolute Gasteiger partial charge is 0.298 e. The van der Waals surface area contributed by atoms with Crippen LogP contribution in [0.4, 0.5) is 0 Å². The number of hydrogen-bond donors (Lipinski definition) is 0. The second kappa shape index (κ2) is 4.50. The molecule has 0 saturated heterocycles. The maximum absolute atomic E-state index is 10.9. The number of hydrogen-bond acceptors (Lipinski definition) is 1. The van der Waals surface area contributed by atoms with Gasteiger partial charge in [-0.2, -0.15) is 0 Å². The van der Waals surface area contributed by atoms with E-state index in [-0.39, 0.29) is 0 Å². The van der Waals surface area contributed by atoms with Gasteiger partial charge in [-0.25, -0.2) is 0 Å². The first kappa shape index (κ1) is 10.9. The number of rotatable bonds is 2. The van der Waals surface area contributed by atoms with E-state index in [0.29, 0.717) is 5.56 Å². The fourth-order valence-electron chi connectivity index (χ4n) is 1.62. The summed E-state index contributed by atoms with van der Waals surface area (Å²) in [7, 11) is 0. The second-order valence-corrected chi connectivity index (χ2v) is 4.08. The SMILES string of the molecule is Cc1ccc(-c2ccccc2C=O)cc1Cl. The first-order valence-electron chi connectivity index (χ1n) is 5.03. The molecule has 0 aromatic heterocycles. The number of benzene rings is 2. The smallest absolute Gasteiger partial charge is 0.150 e. The van der Waals surface area contributed by atoms with Gasteiger partial charge in [0.25, 0.3) is 0 Å². The third-order valence-corrected chi connectivity index (χ3v) is 2.98. The quantitative estimate of drug-likeness (QED) is 0.709. The number of carbonyl (C=O) groups excluding carboxylic acids is 1. The van der Waals surface area contributed by atoms with Crippen LogP contribution in [0.5, 0.6) is 0 Å². The van der Waals surface area contributed by atoms with E-state index in [2.05, 4.69) is 0 Å². The van der Waals surface area contributed by atoms with Crippen molar-refractivity contribution in [2.24, 2.45) is 0 Å². The van der Waals surface area contributed by atoms with E-state index in [1.54, 1.807) is 6.07 Å². The van der Waals surface area contributed by atoms with Crippen LogP contribution in [0.2, 0.25) is 5.02 Å². The monoisotopic (exact) mass is 230 g/mol. The van der Waals surface area contributed by atoms with Gasteiger partial charge in [0.05, 0.1) is 0 Å². The highest BCUT2D eigenvalue weighted by atomic mass is 35.5. The number of aldehydes is 1. The Hall–Kier alpha value is -1.60. The molecule has 0 N–H and O–H groups in total. The van der Waals surface area contributed by atoms with Crippen molar-refractivity contribution in [3.05, 3.63) is 58.6 Å². The van der Waals surface area contributed by atoms with Crippen molar-refractivity contribution in [2.45, 2.75) is 6.92 Å². The highest BCUT2D eigenvalue weighted by molar-refractivity contribution is 6.31. The summed E-state index contributed by atoms with van der Waals surface area (Å²) in [5, 5.41) is 0.721. The molecule has 0 aliphatic heterocycles. The van der Waals surface area contributed by atoms with E-state index < -0.39 is 0 Å². The van der Waals surface area contributed by atoms with Crippen molar-refractivity contribution < 1.29 is 4.79 Å². The van der Waals surface area contributed by atoms with Gasteiger partial charge in [0.2, 0.25) is 0 Å². The fourth-order valence-corrected chi connectivity index (χ4v) is 1.80. The Bertz CT molecular complexity index is 532. The molecule has 0 fully saturated rings. The average Bonchev–Trinajstić information content (AvgIpc) is 2.32. The Morgan fingerprint density at radius 1 is 1.12 bits per heavy atom. The van der Waals surface area contributed by atoms with Crippen molar-refractivity contribution in [3.63, 3.8) is 0 Å². The highest BCUT2D eigenvalue weighted by Gasteiger charge is 2.04. The van der Waals surface area contributed by atoms with Crippen LogP contribution in [0.15, 0.2) is 42.5 Å². The lowest BCUT2D eigenvalue weighted by Gasteiger charge is -2.06. The molecule has 2 aromatic rings. The summed E-state index contributed by atoms with van der Waals surface area (Å²) in [5.41, 5.74) is 3.61. The third-order valence-electron chi connectivity index (χ3n) is 2.57. The summed E-state index contributed by atoms with van der Waals surface area (Å²) in [6, 6.07) is 13.3. The summed E-state index contributed by atoms with van der Waals surface area (Å²) in [4.78, 5) is 10.9. The fraction of sp³-hybridized carbons (Fsp3) is 0.0714. The molecule has 0 aliphatic rings. The van der Waals surface area contributed by atoms with Crippen molar-refractivity contribution in [1.29, 1.82) is 0 Å². The molecule has 80 valence electrons. The van der Waals surface area contributed by atoms with Gasteiger partial charge < -0.3 is 0 Å². The standard InChI is InChI=1S/C14H11ClO/c1-10-6-7-11(8-14(10)15)13-5-3-2-4-12(13)9-16/h2-9H,1H3. The predicted octanol–water partition coefficient (Wildman–Crippen LogP) is 4.13. The first-order valence-corrected chi connectivity index (χ1v) is 5.41. The topological polar surface area (TPSA) is 17.1 Å². The van der Waals surface area contributed by atoms with Crippen LogP contribution in [0.3, 0.4) is 0 Å². The van der Waals surface area contributed by atoms with Crippen molar-refractivity contribution in [3.8, 4) is 11.1 Å². The van der Waals surface area contributed by atoms with Crippen LogP contribution in [0.1, 0.15) is 15.9 Å². The molecule has 0 aliphatic carbocycles. The molecule has 0 spiro atoms. The lowest BCUT2D eigenvalue weighted by atomic mass is 9.99. The van der Waals surface area contributed by atoms with Crippen LogP contribution in [0.25, 0.3) is 11.1 Å². The number of carbonyl (C=O) groups is 1. The van der Waals surface area contributed by atoms with Gasteiger partial charge in [0, 0.05) is 10.6 Å². The summed E-state index contributed by atoms with van der Waals surface area (Å²) in [5.74, 6) is 0. The molecule has 2 aromatic carbocycles. The van der Waals surface area contributed by atoms with E-state index in [1.807, 2.05) is 43.3 Å². The van der Waals surface area contributed by atoms with E-state index in [4.69, 9.17) is 11.6 Å². The highest BCUT2D eigenvalue weighted by Crippen LogP contribution is 2.27. The molecule has 2 heteroatoms. The van der Waals surface area contributed by atoms with Crippen molar-refractivity contribution in [2.75, 3.05) is 0 Å². The Morgan fingerprint density at radius 3 is 2.56 bits per heavy atom. The summed E-state index contributed by atoms with van der Waals surface area (Å²) in [6.07, 6.45) is 0.864. The Labute approximate surface area is 99.7 Å². The van der Waals surface area contributed by atoms with Gasteiger partial charge in [0.15, 0.2) is 6.29 Å². The van der Waals surface area contributed by atoms with Gasteiger partial charge in [0.1, 0.15) is 0 Å². The Balaban J connectivity index is 2.58.